The topological polar surface area (TPSA) is 47.9 Å². The van der Waals surface area contributed by atoms with Crippen molar-refractivity contribution < 1.29 is 4.74 Å². The molecule has 0 aliphatic heterocycles. The molecule has 0 spiro atoms. The fourth-order valence-corrected chi connectivity index (χ4v) is 2.27. The van der Waals surface area contributed by atoms with E-state index in [-0.39, 0.29) is 0 Å². The highest BCUT2D eigenvalue weighted by Gasteiger charge is 2.12. The van der Waals surface area contributed by atoms with Crippen LogP contribution in [0.2, 0.25) is 5.15 Å². The van der Waals surface area contributed by atoms with Crippen LogP contribution in [0.3, 0.4) is 0 Å². The minimum absolute atomic E-state index is 0.423. The molecule has 0 saturated carbocycles. The molecule has 0 N–H and O–H groups in total. The van der Waals surface area contributed by atoms with Gasteiger partial charge in [-0.05, 0) is 22.6 Å². The van der Waals surface area contributed by atoms with Crippen LogP contribution in [0.1, 0.15) is 5.69 Å². The summed E-state index contributed by atoms with van der Waals surface area (Å²) in [6, 6.07) is 0. The summed E-state index contributed by atoms with van der Waals surface area (Å²) in [4.78, 5) is 13.5. The molecule has 2 rings (SSSR count). The van der Waals surface area contributed by atoms with Crippen LogP contribution in [-0.4, -0.2) is 22.1 Å². The summed E-state index contributed by atoms with van der Waals surface area (Å²) >= 11 is 9.63. The lowest BCUT2D eigenvalue weighted by Gasteiger charge is -2.05. The zero-order valence-electron chi connectivity index (χ0n) is 8.28. The first kappa shape index (κ1) is 12.2. The Labute approximate surface area is 115 Å². The van der Waals surface area contributed by atoms with Gasteiger partial charge in [-0.1, -0.05) is 11.6 Å². The fraction of sp³-hybridized carbons (Fsp3) is 0.222. The van der Waals surface area contributed by atoms with Crippen LogP contribution in [0.5, 0.6) is 0 Å². The van der Waals surface area contributed by atoms with Crippen molar-refractivity contribution in [2.75, 3.05) is 7.11 Å². The largest absolute Gasteiger partial charge is 0.378 e. The monoisotopic (exact) mass is 367 g/mol. The van der Waals surface area contributed by atoms with Crippen LogP contribution in [0, 0.1) is 3.57 Å². The van der Waals surface area contributed by atoms with Crippen molar-refractivity contribution in [2.24, 2.45) is 0 Å². The summed E-state index contributed by atoms with van der Waals surface area (Å²) in [5, 5.41) is 0.450. The summed E-state index contributed by atoms with van der Waals surface area (Å²) in [5.41, 5.74) is 2.53. The highest BCUT2D eigenvalue weighted by Crippen LogP contribution is 2.25. The van der Waals surface area contributed by atoms with Crippen molar-refractivity contribution in [3.63, 3.8) is 0 Å². The molecule has 2 aromatic rings. The lowest BCUT2D eigenvalue weighted by molar-refractivity contribution is 0.181. The number of halogens is 2. The quantitative estimate of drug-likeness (QED) is 0.618. The molecule has 0 fully saturated rings. The van der Waals surface area contributed by atoms with Gasteiger partial charge in [0.25, 0.3) is 0 Å². The van der Waals surface area contributed by atoms with Crippen LogP contribution in [0.25, 0.3) is 10.7 Å². The maximum atomic E-state index is 6.04. The van der Waals surface area contributed by atoms with Gasteiger partial charge in [-0.15, -0.1) is 11.3 Å². The number of hydrogen-bond donors (Lipinski definition) is 0. The third-order valence-electron chi connectivity index (χ3n) is 1.81. The second-order valence-corrected chi connectivity index (χ2v) is 5.22. The lowest BCUT2D eigenvalue weighted by atomic mass is 10.4. The molecule has 7 heteroatoms. The standard InChI is InChI=1S/C9H7ClIN3OS/c1-15-3-5-7(11)8(10)14-9(13-5)6-2-12-4-16-6/h2,4H,3H2,1H3. The molecule has 2 heterocycles. The van der Waals surface area contributed by atoms with Gasteiger partial charge in [0.15, 0.2) is 5.82 Å². The molecule has 0 aliphatic rings. The average Bonchev–Trinajstić information content (AvgIpc) is 2.78. The first-order valence-corrected chi connectivity index (χ1v) is 6.65. The molecule has 0 bridgehead atoms. The van der Waals surface area contributed by atoms with Crippen molar-refractivity contribution in [1.82, 2.24) is 15.0 Å². The Morgan fingerprint density at radius 2 is 2.31 bits per heavy atom. The van der Waals surface area contributed by atoms with Crippen LogP contribution >= 0.6 is 45.5 Å². The minimum Gasteiger partial charge on any atom is -0.378 e. The summed E-state index contributed by atoms with van der Waals surface area (Å²) in [6.45, 7) is 0.423. The van der Waals surface area contributed by atoms with Gasteiger partial charge in [0.05, 0.1) is 26.3 Å². The Morgan fingerprint density at radius 1 is 1.50 bits per heavy atom. The first-order chi connectivity index (χ1) is 7.72. The second-order valence-electron chi connectivity index (χ2n) is 2.90. The predicted molar refractivity (Wildman–Crippen MR) is 71.6 cm³/mol. The minimum atomic E-state index is 0.423. The van der Waals surface area contributed by atoms with Gasteiger partial charge < -0.3 is 4.74 Å². The molecule has 0 aromatic carbocycles. The van der Waals surface area contributed by atoms with Gasteiger partial charge in [-0.3, -0.25) is 4.98 Å². The molecular weight excluding hydrogens is 361 g/mol. The van der Waals surface area contributed by atoms with E-state index in [0.29, 0.717) is 17.6 Å². The highest BCUT2D eigenvalue weighted by molar-refractivity contribution is 14.1. The van der Waals surface area contributed by atoms with Crippen LogP contribution < -0.4 is 0 Å². The number of aromatic nitrogens is 3. The van der Waals surface area contributed by atoms with E-state index in [9.17, 15) is 0 Å². The highest BCUT2D eigenvalue weighted by atomic mass is 127. The van der Waals surface area contributed by atoms with E-state index in [4.69, 9.17) is 16.3 Å². The SMILES string of the molecule is COCc1nc(-c2cncs2)nc(Cl)c1I. The van der Waals surface area contributed by atoms with Gasteiger partial charge >= 0.3 is 0 Å². The Morgan fingerprint density at radius 3 is 2.94 bits per heavy atom. The Balaban J connectivity index is 2.48. The predicted octanol–water partition coefficient (Wildman–Crippen LogP) is 3.00. The normalized spacial score (nSPS) is 10.7. The smallest absolute Gasteiger partial charge is 0.172 e. The maximum Gasteiger partial charge on any atom is 0.172 e. The number of nitrogens with zero attached hydrogens (tertiary/aromatic N) is 3. The first-order valence-electron chi connectivity index (χ1n) is 4.32. The van der Waals surface area contributed by atoms with E-state index in [0.717, 1.165) is 14.1 Å². The number of rotatable bonds is 3. The molecule has 2 aromatic heterocycles. The lowest BCUT2D eigenvalue weighted by Crippen LogP contribution is -2.01. The molecule has 4 nitrogen and oxygen atoms in total. The number of thiazole rings is 1. The Hall–Kier alpha value is -0.310. The molecule has 0 unspecified atom stereocenters. The van der Waals surface area contributed by atoms with Gasteiger partial charge in [-0.2, -0.15) is 0 Å². The molecule has 0 atom stereocenters. The molecule has 0 amide bonds. The zero-order valence-corrected chi connectivity index (χ0v) is 12.0. The van der Waals surface area contributed by atoms with Gasteiger partial charge in [0, 0.05) is 13.3 Å². The summed E-state index contributed by atoms with van der Waals surface area (Å²) in [5.74, 6) is 0.597. The van der Waals surface area contributed by atoms with Crippen molar-refractivity contribution in [3.05, 3.63) is 26.1 Å². The summed E-state index contributed by atoms with van der Waals surface area (Å²) in [7, 11) is 1.62. The summed E-state index contributed by atoms with van der Waals surface area (Å²) in [6.07, 6.45) is 1.72. The van der Waals surface area contributed by atoms with Gasteiger partial charge in [-0.25, -0.2) is 9.97 Å². The van der Waals surface area contributed by atoms with Crippen LogP contribution in [-0.2, 0) is 11.3 Å². The van der Waals surface area contributed by atoms with E-state index < -0.39 is 0 Å². The number of ether oxygens (including phenoxy) is 1. The van der Waals surface area contributed by atoms with Crippen LogP contribution in [0.4, 0.5) is 0 Å². The second kappa shape index (κ2) is 5.35. The van der Waals surface area contributed by atoms with Crippen molar-refractivity contribution >= 4 is 45.5 Å². The van der Waals surface area contributed by atoms with Gasteiger partial charge in [0.2, 0.25) is 0 Å². The molecule has 0 saturated heterocycles. The number of methoxy groups -OCH3 is 1. The fourth-order valence-electron chi connectivity index (χ4n) is 1.13. The Kier molecular flexibility index (Phi) is 4.06. The molecule has 0 radical (unpaired) electrons. The molecule has 0 aliphatic carbocycles. The van der Waals surface area contributed by atoms with Crippen molar-refractivity contribution in [2.45, 2.75) is 6.61 Å². The van der Waals surface area contributed by atoms with E-state index in [1.54, 1.807) is 18.8 Å². The molecule has 16 heavy (non-hydrogen) atoms. The number of hydrogen-bond acceptors (Lipinski definition) is 5. The summed E-state index contributed by atoms with van der Waals surface area (Å²) < 4.78 is 5.90. The molecule has 84 valence electrons. The third-order valence-corrected chi connectivity index (χ3v) is 4.31. The van der Waals surface area contributed by atoms with Crippen LogP contribution in [0.15, 0.2) is 11.7 Å². The van der Waals surface area contributed by atoms with E-state index in [2.05, 4.69) is 37.5 Å². The van der Waals surface area contributed by atoms with E-state index in [1.807, 2.05) is 0 Å². The zero-order chi connectivity index (χ0) is 11.5. The van der Waals surface area contributed by atoms with E-state index in [1.165, 1.54) is 11.3 Å². The van der Waals surface area contributed by atoms with Crippen molar-refractivity contribution in [3.8, 4) is 10.7 Å². The van der Waals surface area contributed by atoms with E-state index >= 15 is 0 Å². The third kappa shape index (κ3) is 2.50. The van der Waals surface area contributed by atoms with Gasteiger partial charge in [0.1, 0.15) is 5.15 Å². The molecular formula is C9H7ClIN3OS. The van der Waals surface area contributed by atoms with Crippen molar-refractivity contribution in [1.29, 1.82) is 0 Å². The maximum absolute atomic E-state index is 6.04. The average molecular weight is 368 g/mol. The Bertz CT molecular complexity index is 492.